The van der Waals surface area contributed by atoms with Crippen LogP contribution in [0, 0.1) is 40.4 Å². The van der Waals surface area contributed by atoms with E-state index >= 15 is 0 Å². The average molecular weight is 309 g/mol. The van der Waals surface area contributed by atoms with Crippen LogP contribution in [0.4, 0.5) is 0 Å². The third kappa shape index (κ3) is 2.36. The number of rotatable bonds is 6. The lowest BCUT2D eigenvalue weighted by atomic mass is 9.65. The largest absolute Gasteiger partial charge is 0.396 e. The van der Waals surface area contributed by atoms with E-state index in [0.29, 0.717) is 35.9 Å². The summed E-state index contributed by atoms with van der Waals surface area (Å²) in [5.41, 5.74) is 0.957. The minimum absolute atomic E-state index is 0.330. The molecule has 2 nitrogen and oxygen atoms in total. The van der Waals surface area contributed by atoms with Gasteiger partial charge in [0.15, 0.2) is 0 Å². The van der Waals surface area contributed by atoms with Gasteiger partial charge in [-0.3, -0.25) is 0 Å². The van der Waals surface area contributed by atoms with Crippen LogP contribution in [-0.4, -0.2) is 23.4 Å². The first-order valence-electron chi connectivity index (χ1n) is 9.69. The minimum atomic E-state index is 0.330. The van der Waals surface area contributed by atoms with Crippen LogP contribution in [0.3, 0.4) is 0 Å². The first-order chi connectivity index (χ1) is 10.5. The normalized spacial score (nSPS) is 48.4. The molecule has 3 aliphatic carbocycles. The molecule has 128 valence electrons. The zero-order valence-electron chi connectivity index (χ0n) is 14.9. The molecule has 2 bridgehead atoms. The molecule has 0 radical (unpaired) electrons. The molecule has 3 fully saturated rings. The highest BCUT2D eigenvalue weighted by Crippen LogP contribution is 2.73. The van der Waals surface area contributed by atoms with E-state index in [1.54, 1.807) is 0 Å². The number of aliphatic hydroxyl groups excluding tert-OH is 2. The lowest BCUT2D eigenvalue weighted by Crippen LogP contribution is -2.34. The van der Waals surface area contributed by atoms with E-state index in [1.807, 2.05) is 0 Å². The standard InChI is InChI=1S/C20H36O2/c1-14(12-21)5-4-9-19(3)17-11-20(10-8-15(17)2)16(13-22)6-7-18(19)20/h14-18,21-22H,4-13H2,1-3H3/t14-,15+,16+,17-,18-,19-,20-/m0/s1. The summed E-state index contributed by atoms with van der Waals surface area (Å²) in [5.74, 6) is 3.59. The van der Waals surface area contributed by atoms with Crippen molar-refractivity contribution in [2.24, 2.45) is 40.4 Å². The second kappa shape index (κ2) is 6.09. The van der Waals surface area contributed by atoms with Crippen LogP contribution < -0.4 is 0 Å². The summed E-state index contributed by atoms with van der Waals surface area (Å²) in [6.45, 7) is 7.96. The molecule has 2 heteroatoms. The molecule has 0 unspecified atom stereocenters. The van der Waals surface area contributed by atoms with Crippen molar-refractivity contribution in [3.05, 3.63) is 0 Å². The Morgan fingerprint density at radius 2 is 1.95 bits per heavy atom. The third-order valence-corrected chi connectivity index (χ3v) is 8.25. The topological polar surface area (TPSA) is 40.5 Å². The molecule has 0 aromatic rings. The summed E-state index contributed by atoms with van der Waals surface area (Å²) in [7, 11) is 0. The van der Waals surface area contributed by atoms with Crippen molar-refractivity contribution in [3.63, 3.8) is 0 Å². The fourth-order valence-electron chi connectivity index (χ4n) is 7.01. The van der Waals surface area contributed by atoms with Crippen molar-refractivity contribution in [3.8, 4) is 0 Å². The molecule has 0 heterocycles. The van der Waals surface area contributed by atoms with Crippen molar-refractivity contribution in [1.29, 1.82) is 0 Å². The van der Waals surface area contributed by atoms with Crippen molar-refractivity contribution >= 4 is 0 Å². The van der Waals surface area contributed by atoms with Gasteiger partial charge in [0.1, 0.15) is 0 Å². The molecule has 0 saturated heterocycles. The van der Waals surface area contributed by atoms with Crippen LogP contribution in [0.5, 0.6) is 0 Å². The molecule has 3 saturated carbocycles. The van der Waals surface area contributed by atoms with Crippen LogP contribution in [-0.2, 0) is 0 Å². The molecule has 3 rings (SSSR count). The Hall–Kier alpha value is -0.0800. The molecule has 1 spiro atoms. The lowest BCUT2D eigenvalue weighted by Gasteiger charge is -2.40. The SMILES string of the molecule is C[C@H](CO)CCC[C@@]1(C)[C@H]2C[C@@]3(CC[C@H]2C)[C@@H](CO)CC[C@@H]13. The van der Waals surface area contributed by atoms with Crippen LogP contribution >= 0.6 is 0 Å². The second-order valence-electron chi connectivity index (χ2n) is 9.25. The van der Waals surface area contributed by atoms with E-state index in [2.05, 4.69) is 20.8 Å². The van der Waals surface area contributed by atoms with E-state index in [0.717, 1.165) is 24.2 Å². The fourth-order valence-corrected chi connectivity index (χ4v) is 7.01. The van der Waals surface area contributed by atoms with Gasteiger partial charge in [-0.2, -0.15) is 0 Å². The van der Waals surface area contributed by atoms with E-state index in [9.17, 15) is 10.2 Å². The Balaban J connectivity index is 1.78. The van der Waals surface area contributed by atoms with Gasteiger partial charge in [-0.1, -0.05) is 27.2 Å². The highest BCUT2D eigenvalue weighted by Gasteiger charge is 2.66. The minimum Gasteiger partial charge on any atom is -0.396 e. The van der Waals surface area contributed by atoms with Gasteiger partial charge in [0, 0.05) is 13.2 Å². The zero-order chi connectivity index (χ0) is 16.0. The summed E-state index contributed by atoms with van der Waals surface area (Å²) in [6.07, 6.45) is 10.5. The van der Waals surface area contributed by atoms with Gasteiger partial charge < -0.3 is 10.2 Å². The average Bonchev–Trinajstić information content (AvgIpc) is 2.96. The van der Waals surface area contributed by atoms with Crippen LogP contribution in [0.1, 0.15) is 72.1 Å². The Kier molecular flexibility index (Phi) is 4.64. The quantitative estimate of drug-likeness (QED) is 0.770. The predicted octanol–water partition coefficient (Wildman–Crippen LogP) is 4.25. The Morgan fingerprint density at radius 3 is 2.64 bits per heavy atom. The predicted molar refractivity (Wildman–Crippen MR) is 90.4 cm³/mol. The van der Waals surface area contributed by atoms with Crippen LogP contribution in [0.15, 0.2) is 0 Å². The molecule has 0 amide bonds. The molecule has 0 aromatic heterocycles. The number of aliphatic hydroxyl groups is 2. The van der Waals surface area contributed by atoms with Gasteiger partial charge in [-0.05, 0) is 85.4 Å². The summed E-state index contributed by atoms with van der Waals surface area (Å²) in [5, 5.41) is 19.2. The van der Waals surface area contributed by atoms with Crippen LogP contribution in [0.25, 0.3) is 0 Å². The number of hydrogen-bond donors (Lipinski definition) is 2. The maximum atomic E-state index is 9.91. The van der Waals surface area contributed by atoms with Gasteiger partial charge in [-0.25, -0.2) is 0 Å². The lowest BCUT2D eigenvalue weighted by molar-refractivity contribution is 0.0546. The number of fused-ring (bicyclic) bond motifs is 1. The summed E-state index contributed by atoms with van der Waals surface area (Å²) >= 11 is 0. The molecular weight excluding hydrogens is 272 g/mol. The van der Waals surface area contributed by atoms with E-state index in [4.69, 9.17) is 0 Å². The second-order valence-corrected chi connectivity index (χ2v) is 9.25. The van der Waals surface area contributed by atoms with Crippen LogP contribution in [0.2, 0.25) is 0 Å². The zero-order valence-corrected chi connectivity index (χ0v) is 14.9. The molecule has 7 atom stereocenters. The van der Waals surface area contributed by atoms with Crippen molar-refractivity contribution < 1.29 is 10.2 Å². The summed E-state index contributed by atoms with van der Waals surface area (Å²) in [4.78, 5) is 0. The molecule has 22 heavy (non-hydrogen) atoms. The fraction of sp³-hybridized carbons (Fsp3) is 1.00. The Morgan fingerprint density at radius 1 is 1.18 bits per heavy atom. The maximum absolute atomic E-state index is 9.91. The first-order valence-corrected chi connectivity index (χ1v) is 9.69. The van der Waals surface area contributed by atoms with Gasteiger partial charge in [0.2, 0.25) is 0 Å². The van der Waals surface area contributed by atoms with E-state index in [1.165, 1.54) is 44.9 Å². The van der Waals surface area contributed by atoms with Crippen molar-refractivity contribution in [1.82, 2.24) is 0 Å². The first kappa shape index (κ1) is 16.8. The smallest absolute Gasteiger partial charge is 0.0464 e. The molecule has 3 aliphatic rings. The van der Waals surface area contributed by atoms with Gasteiger partial charge in [-0.15, -0.1) is 0 Å². The molecule has 0 aliphatic heterocycles. The highest BCUT2D eigenvalue weighted by molar-refractivity contribution is 5.15. The molecule has 2 N–H and O–H groups in total. The molecular formula is C20H36O2. The van der Waals surface area contributed by atoms with Gasteiger partial charge >= 0.3 is 0 Å². The van der Waals surface area contributed by atoms with Crippen molar-refractivity contribution in [2.45, 2.75) is 72.1 Å². The molecule has 0 aromatic carbocycles. The Labute approximate surface area is 136 Å². The number of hydrogen-bond acceptors (Lipinski definition) is 2. The maximum Gasteiger partial charge on any atom is 0.0464 e. The van der Waals surface area contributed by atoms with E-state index in [-0.39, 0.29) is 0 Å². The van der Waals surface area contributed by atoms with Gasteiger partial charge in [0.25, 0.3) is 0 Å². The van der Waals surface area contributed by atoms with Gasteiger partial charge in [0.05, 0.1) is 0 Å². The Bertz CT molecular complexity index is 395. The van der Waals surface area contributed by atoms with Crippen molar-refractivity contribution in [2.75, 3.05) is 13.2 Å². The summed E-state index contributed by atoms with van der Waals surface area (Å²) in [6, 6.07) is 0. The van der Waals surface area contributed by atoms with E-state index < -0.39 is 0 Å². The summed E-state index contributed by atoms with van der Waals surface area (Å²) < 4.78 is 0. The monoisotopic (exact) mass is 308 g/mol. The third-order valence-electron chi connectivity index (χ3n) is 8.25. The highest BCUT2D eigenvalue weighted by atomic mass is 16.3.